The standard InChI is InChI=1S/C22H24N4O3/c1-13(2)26-20-17(12-23-26)16(21(27)25-10-6-9-19(25)22(28)29)11-18(24-20)15-8-5-4-7-14(15)3/h4-5,7-8,11-13,19H,6,9-10H2,1-3H3,(H,28,29). The van der Waals surface area contributed by atoms with Crippen LogP contribution >= 0.6 is 0 Å². The molecule has 0 radical (unpaired) electrons. The number of benzene rings is 1. The van der Waals surface area contributed by atoms with Crippen molar-refractivity contribution in [2.45, 2.75) is 45.7 Å². The molecule has 7 heteroatoms. The fourth-order valence-corrected chi connectivity index (χ4v) is 3.99. The van der Waals surface area contributed by atoms with E-state index in [1.165, 1.54) is 4.90 Å². The van der Waals surface area contributed by atoms with E-state index in [4.69, 9.17) is 4.98 Å². The lowest BCUT2D eigenvalue weighted by Crippen LogP contribution is -2.40. The lowest BCUT2D eigenvalue weighted by molar-refractivity contribution is -0.141. The van der Waals surface area contributed by atoms with Gasteiger partial charge in [0.15, 0.2) is 5.65 Å². The van der Waals surface area contributed by atoms with Crippen molar-refractivity contribution in [3.8, 4) is 11.3 Å². The van der Waals surface area contributed by atoms with Gasteiger partial charge in [-0.1, -0.05) is 24.3 Å². The Morgan fingerprint density at radius 2 is 2.00 bits per heavy atom. The third kappa shape index (κ3) is 3.26. The van der Waals surface area contributed by atoms with Crippen molar-refractivity contribution in [1.29, 1.82) is 0 Å². The number of likely N-dealkylation sites (tertiary alicyclic amines) is 1. The Labute approximate surface area is 169 Å². The second-order valence-electron chi connectivity index (χ2n) is 7.78. The number of rotatable bonds is 4. The number of carboxylic acids is 1. The number of amides is 1. The molecule has 3 aromatic rings. The molecule has 0 spiro atoms. The smallest absolute Gasteiger partial charge is 0.326 e. The van der Waals surface area contributed by atoms with Crippen LogP contribution in [-0.4, -0.2) is 49.2 Å². The Kier molecular flexibility index (Phi) is 4.82. The number of carboxylic acid groups (broad SMARTS) is 1. The van der Waals surface area contributed by atoms with Crippen LogP contribution in [0.5, 0.6) is 0 Å². The number of carbonyl (C=O) groups excluding carboxylic acids is 1. The normalized spacial score (nSPS) is 16.7. The highest BCUT2D eigenvalue weighted by Gasteiger charge is 2.35. The Balaban J connectivity index is 1.92. The van der Waals surface area contributed by atoms with Crippen LogP contribution in [0.2, 0.25) is 0 Å². The SMILES string of the molecule is Cc1ccccc1-c1cc(C(=O)N2CCCC2C(=O)O)c2cnn(C(C)C)c2n1. The molecule has 4 rings (SSSR count). The zero-order chi connectivity index (χ0) is 20.7. The van der Waals surface area contributed by atoms with Gasteiger partial charge in [-0.2, -0.15) is 5.10 Å². The second kappa shape index (κ2) is 7.31. The van der Waals surface area contributed by atoms with Gasteiger partial charge in [0.2, 0.25) is 0 Å². The number of nitrogens with zero attached hydrogens (tertiary/aromatic N) is 4. The third-order valence-corrected chi connectivity index (χ3v) is 5.51. The predicted octanol–water partition coefficient (Wildman–Crippen LogP) is 3.68. The molecule has 0 bridgehead atoms. The predicted molar refractivity (Wildman–Crippen MR) is 110 cm³/mol. The van der Waals surface area contributed by atoms with Gasteiger partial charge in [0, 0.05) is 18.2 Å². The van der Waals surface area contributed by atoms with Gasteiger partial charge in [-0.25, -0.2) is 14.5 Å². The van der Waals surface area contributed by atoms with E-state index >= 15 is 0 Å². The molecule has 7 nitrogen and oxygen atoms in total. The molecule has 1 aromatic carbocycles. The maximum atomic E-state index is 13.4. The van der Waals surface area contributed by atoms with Crippen molar-refractivity contribution in [2.24, 2.45) is 0 Å². The Morgan fingerprint density at radius 1 is 1.24 bits per heavy atom. The number of aliphatic carboxylic acids is 1. The molecule has 2 aromatic heterocycles. The monoisotopic (exact) mass is 392 g/mol. The van der Waals surface area contributed by atoms with Crippen LogP contribution < -0.4 is 0 Å². The quantitative estimate of drug-likeness (QED) is 0.732. The van der Waals surface area contributed by atoms with E-state index in [-0.39, 0.29) is 11.9 Å². The van der Waals surface area contributed by atoms with Crippen LogP contribution in [0.1, 0.15) is 48.7 Å². The topological polar surface area (TPSA) is 88.3 Å². The van der Waals surface area contributed by atoms with Gasteiger partial charge in [0.05, 0.1) is 22.8 Å². The van der Waals surface area contributed by atoms with E-state index in [9.17, 15) is 14.7 Å². The minimum Gasteiger partial charge on any atom is -0.480 e. The van der Waals surface area contributed by atoms with Crippen LogP contribution in [0.3, 0.4) is 0 Å². The maximum Gasteiger partial charge on any atom is 0.326 e. The summed E-state index contributed by atoms with van der Waals surface area (Å²) in [6.45, 7) is 6.47. The van der Waals surface area contributed by atoms with E-state index < -0.39 is 12.0 Å². The molecule has 1 saturated heterocycles. The number of hydrogen-bond donors (Lipinski definition) is 1. The molecule has 1 N–H and O–H groups in total. The molecule has 3 heterocycles. The van der Waals surface area contributed by atoms with Crippen molar-refractivity contribution in [2.75, 3.05) is 6.54 Å². The van der Waals surface area contributed by atoms with Crippen molar-refractivity contribution in [1.82, 2.24) is 19.7 Å². The van der Waals surface area contributed by atoms with Gasteiger partial charge in [-0.3, -0.25) is 4.79 Å². The Hall–Kier alpha value is -3.22. The van der Waals surface area contributed by atoms with Crippen LogP contribution in [0.15, 0.2) is 36.5 Å². The van der Waals surface area contributed by atoms with E-state index in [1.807, 2.05) is 45.0 Å². The summed E-state index contributed by atoms with van der Waals surface area (Å²) in [7, 11) is 0. The largest absolute Gasteiger partial charge is 0.480 e. The molecule has 0 saturated carbocycles. The molecule has 29 heavy (non-hydrogen) atoms. The number of fused-ring (bicyclic) bond motifs is 1. The molecule has 1 unspecified atom stereocenters. The highest BCUT2D eigenvalue weighted by atomic mass is 16.4. The molecule has 1 aliphatic heterocycles. The molecule has 1 atom stereocenters. The Morgan fingerprint density at radius 3 is 2.69 bits per heavy atom. The minimum atomic E-state index is -0.960. The first-order chi connectivity index (χ1) is 13.9. The number of carbonyl (C=O) groups is 2. The van der Waals surface area contributed by atoms with Crippen LogP contribution in [0, 0.1) is 6.92 Å². The molecule has 1 aliphatic rings. The molecule has 150 valence electrons. The summed E-state index contributed by atoms with van der Waals surface area (Å²) in [6, 6.07) is 8.95. The number of aromatic nitrogens is 3. The summed E-state index contributed by atoms with van der Waals surface area (Å²) in [4.78, 5) is 31.3. The van der Waals surface area contributed by atoms with E-state index in [0.29, 0.717) is 41.7 Å². The molecule has 1 fully saturated rings. The lowest BCUT2D eigenvalue weighted by atomic mass is 10.0. The van der Waals surface area contributed by atoms with Gasteiger partial charge in [0.1, 0.15) is 6.04 Å². The fourth-order valence-electron chi connectivity index (χ4n) is 3.99. The number of pyridine rings is 1. The Bertz CT molecular complexity index is 1100. The lowest BCUT2D eigenvalue weighted by Gasteiger charge is -2.22. The van der Waals surface area contributed by atoms with E-state index in [1.54, 1.807) is 16.9 Å². The van der Waals surface area contributed by atoms with E-state index in [2.05, 4.69) is 5.10 Å². The molecule has 1 amide bonds. The highest BCUT2D eigenvalue weighted by molar-refractivity contribution is 6.07. The van der Waals surface area contributed by atoms with Gasteiger partial charge in [0.25, 0.3) is 5.91 Å². The van der Waals surface area contributed by atoms with Crippen LogP contribution in [0.4, 0.5) is 0 Å². The second-order valence-corrected chi connectivity index (χ2v) is 7.78. The first-order valence-corrected chi connectivity index (χ1v) is 9.86. The molecule has 0 aliphatic carbocycles. The fraction of sp³-hybridized carbons (Fsp3) is 0.364. The molecular weight excluding hydrogens is 368 g/mol. The van der Waals surface area contributed by atoms with Gasteiger partial charge in [-0.15, -0.1) is 0 Å². The summed E-state index contributed by atoms with van der Waals surface area (Å²) >= 11 is 0. The number of aryl methyl sites for hydroxylation is 1. The van der Waals surface area contributed by atoms with E-state index in [0.717, 1.165) is 11.1 Å². The third-order valence-electron chi connectivity index (χ3n) is 5.51. The first-order valence-electron chi connectivity index (χ1n) is 9.86. The number of hydrogen-bond acceptors (Lipinski definition) is 4. The maximum absolute atomic E-state index is 13.4. The summed E-state index contributed by atoms with van der Waals surface area (Å²) < 4.78 is 1.80. The highest BCUT2D eigenvalue weighted by Crippen LogP contribution is 2.30. The van der Waals surface area contributed by atoms with Gasteiger partial charge < -0.3 is 10.0 Å². The van der Waals surface area contributed by atoms with Gasteiger partial charge >= 0.3 is 5.97 Å². The minimum absolute atomic E-state index is 0.0774. The van der Waals surface area contributed by atoms with Crippen LogP contribution in [0.25, 0.3) is 22.3 Å². The summed E-state index contributed by atoms with van der Waals surface area (Å²) in [6.07, 6.45) is 2.82. The summed E-state index contributed by atoms with van der Waals surface area (Å²) in [5.74, 6) is -1.24. The average Bonchev–Trinajstić information content (AvgIpc) is 3.34. The zero-order valence-corrected chi connectivity index (χ0v) is 16.8. The zero-order valence-electron chi connectivity index (χ0n) is 16.8. The van der Waals surface area contributed by atoms with Crippen molar-refractivity contribution in [3.63, 3.8) is 0 Å². The van der Waals surface area contributed by atoms with Crippen LogP contribution in [-0.2, 0) is 4.79 Å². The average molecular weight is 392 g/mol. The molecular formula is C22H24N4O3. The van der Waals surface area contributed by atoms with Gasteiger partial charge in [-0.05, 0) is 45.2 Å². The van der Waals surface area contributed by atoms with Crippen molar-refractivity contribution >= 4 is 22.9 Å². The van der Waals surface area contributed by atoms with Crippen molar-refractivity contribution in [3.05, 3.63) is 47.7 Å². The van der Waals surface area contributed by atoms with Crippen molar-refractivity contribution < 1.29 is 14.7 Å². The summed E-state index contributed by atoms with van der Waals surface area (Å²) in [5.41, 5.74) is 3.77. The first kappa shape index (κ1) is 19.1. The summed E-state index contributed by atoms with van der Waals surface area (Å²) in [5, 5.41) is 14.6.